The molecular weight excluding hydrogens is 258 g/mol. The highest BCUT2D eigenvalue weighted by molar-refractivity contribution is 9.13. The van der Waals surface area contributed by atoms with Crippen LogP contribution in [0.4, 0.5) is 5.69 Å². The van der Waals surface area contributed by atoms with Crippen LogP contribution in [0.3, 0.4) is 0 Å². The van der Waals surface area contributed by atoms with Gasteiger partial charge in [-0.15, -0.1) is 0 Å². The molecule has 0 radical (unpaired) electrons. The van der Waals surface area contributed by atoms with E-state index >= 15 is 0 Å². The van der Waals surface area contributed by atoms with E-state index in [1.807, 2.05) is 19.1 Å². The number of nitrogens with two attached hydrogens (primary N) is 1. The Kier molecular flexibility index (Phi) is 2.36. The Bertz CT molecular complexity index is 235. The summed E-state index contributed by atoms with van der Waals surface area (Å²) < 4.78 is 2.08. The number of rotatable bonds is 0. The van der Waals surface area contributed by atoms with Crippen LogP contribution in [-0.2, 0) is 0 Å². The van der Waals surface area contributed by atoms with Crippen LogP contribution in [-0.4, -0.2) is 0 Å². The molecule has 2 N–H and O–H groups in total. The number of hydrogen-bond acceptors (Lipinski definition) is 1. The minimum Gasteiger partial charge on any atom is -0.399 e. The molecule has 0 bridgehead atoms. The third kappa shape index (κ3) is 1.52. The smallest absolute Gasteiger partial charge is 0.0348 e. The van der Waals surface area contributed by atoms with E-state index in [4.69, 9.17) is 5.73 Å². The Labute approximate surface area is 76.9 Å². The highest BCUT2D eigenvalue weighted by atomic mass is 79.9. The molecule has 0 saturated heterocycles. The van der Waals surface area contributed by atoms with Crippen LogP contribution >= 0.6 is 31.9 Å². The monoisotopic (exact) mass is 263 g/mol. The topological polar surface area (TPSA) is 26.0 Å². The molecule has 0 aliphatic heterocycles. The molecule has 10 heavy (non-hydrogen) atoms. The molecule has 0 saturated carbocycles. The van der Waals surface area contributed by atoms with E-state index in [1.165, 1.54) is 0 Å². The molecule has 0 heterocycles. The van der Waals surface area contributed by atoms with Crippen molar-refractivity contribution in [3.8, 4) is 0 Å². The minimum absolute atomic E-state index is 0.785. The van der Waals surface area contributed by atoms with Crippen LogP contribution < -0.4 is 5.73 Å². The van der Waals surface area contributed by atoms with E-state index in [-0.39, 0.29) is 0 Å². The van der Waals surface area contributed by atoms with Gasteiger partial charge in [-0.3, -0.25) is 0 Å². The Morgan fingerprint density at radius 2 is 1.90 bits per heavy atom. The fraction of sp³-hybridized carbons (Fsp3) is 0.143. The van der Waals surface area contributed by atoms with Crippen LogP contribution in [0.2, 0.25) is 0 Å². The molecular formula is C7H7Br2N. The first-order chi connectivity index (χ1) is 4.61. The Balaban J connectivity index is 3.31. The maximum Gasteiger partial charge on any atom is 0.0348 e. The zero-order valence-corrected chi connectivity index (χ0v) is 8.66. The predicted molar refractivity (Wildman–Crippen MR) is 51.0 cm³/mol. The zero-order valence-electron chi connectivity index (χ0n) is 5.49. The van der Waals surface area contributed by atoms with Crippen LogP contribution in [0.25, 0.3) is 0 Å². The highest BCUT2D eigenvalue weighted by Crippen LogP contribution is 2.28. The molecule has 0 aliphatic rings. The van der Waals surface area contributed by atoms with E-state index in [2.05, 4.69) is 31.9 Å². The third-order valence-corrected chi connectivity index (χ3v) is 3.44. The van der Waals surface area contributed by atoms with Crippen molar-refractivity contribution in [1.29, 1.82) is 0 Å². The van der Waals surface area contributed by atoms with E-state index in [1.54, 1.807) is 0 Å². The number of hydrogen-bond donors (Lipinski definition) is 1. The normalized spacial score (nSPS) is 9.90. The molecule has 1 rings (SSSR count). The molecule has 0 atom stereocenters. The fourth-order valence-corrected chi connectivity index (χ4v) is 1.56. The van der Waals surface area contributed by atoms with Gasteiger partial charge in [0.15, 0.2) is 0 Å². The first-order valence-corrected chi connectivity index (χ1v) is 4.41. The Morgan fingerprint density at radius 3 is 2.40 bits per heavy atom. The van der Waals surface area contributed by atoms with Gasteiger partial charge in [0.05, 0.1) is 0 Å². The van der Waals surface area contributed by atoms with Crippen molar-refractivity contribution >= 4 is 37.5 Å². The van der Waals surface area contributed by atoms with Crippen molar-refractivity contribution in [3.63, 3.8) is 0 Å². The van der Waals surface area contributed by atoms with Gasteiger partial charge in [0.25, 0.3) is 0 Å². The maximum atomic E-state index is 5.58. The number of nitrogen functional groups attached to an aromatic ring is 1. The van der Waals surface area contributed by atoms with Crippen LogP contribution in [0.5, 0.6) is 0 Å². The van der Waals surface area contributed by atoms with E-state index in [0.29, 0.717) is 0 Å². The SMILES string of the molecule is Cc1cc(N)cc(Br)c1Br. The van der Waals surface area contributed by atoms with Crippen molar-refractivity contribution in [2.24, 2.45) is 0 Å². The van der Waals surface area contributed by atoms with E-state index in [9.17, 15) is 0 Å². The summed E-state index contributed by atoms with van der Waals surface area (Å²) in [6, 6.07) is 3.80. The van der Waals surface area contributed by atoms with Crippen molar-refractivity contribution < 1.29 is 0 Å². The van der Waals surface area contributed by atoms with Gasteiger partial charge in [0.2, 0.25) is 0 Å². The summed E-state index contributed by atoms with van der Waals surface area (Å²) in [6.45, 7) is 2.01. The molecule has 0 aliphatic carbocycles. The largest absolute Gasteiger partial charge is 0.399 e. The molecule has 1 aromatic rings. The molecule has 0 aromatic heterocycles. The molecule has 0 amide bonds. The average Bonchev–Trinajstić information content (AvgIpc) is 1.82. The summed E-state index contributed by atoms with van der Waals surface area (Å²) in [5.41, 5.74) is 7.51. The van der Waals surface area contributed by atoms with Crippen molar-refractivity contribution in [3.05, 3.63) is 26.6 Å². The lowest BCUT2D eigenvalue weighted by molar-refractivity contribution is 1.41. The quantitative estimate of drug-likeness (QED) is 0.716. The van der Waals surface area contributed by atoms with Gasteiger partial charge in [0.1, 0.15) is 0 Å². The molecule has 0 spiro atoms. The summed E-state index contributed by atoms with van der Waals surface area (Å²) >= 11 is 6.78. The van der Waals surface area contributed by atoms with Gasteiger partial charge in [-0.05, 0) is 56.5 Å². The van der Waals surface area contributed by atoms with Crippen LogP contribution in [0, 0.1) is 6.92 Å². The first kappa shape index (κ1) is 8.08. The zero-order chi connectivity index (χ0) is 7.72. The van der Waals surface area contributed by atoms with Gasteiger partial charge in [-0.25, -0.2) is 0 Å². The van der Waals surface area contributed by atoms with Gasteiger partial charge in [-0.1, -0.05) is 0 Å². The predicted octanol–water partition coefficient (Wildman–Crippen LogP) is 3.10. The second-order valence-electron chi connectivity index (χ2n) is 2.13. The standard InChI is InChI=1S/C7H7Br2N/c1-4-2-5(10)3-6(8)7(4)9/h2-3H,10H2,1H3. The summed E-state index contributed by atoms with van der Waals surface area (Å²) in [5.74, 6) is 0. The Hall–Kier alpha value is -0.0200. The van der Waals surface area contributed by atoms with E-state index < -0.39 is 0 Å². The molecule has 1 aromatic carbocycles. The molecule has 3 heteroatoms. The molecule has 0 unspecified atom stereocenters. The number of aryl methyl sites for hydroxylation is 1. The average molecular weight is 265 g/mol. The maximum absolute atomic E-state index is 5.58. The molecule has 54 valence electrons. The second kappa shape index (κ2) is 2.93. The third-order valence-electron chi connectivity index (χ3n) is 1.23. The lowest BCUT2D eigenvalue weighted by atomic mass is 10.2. The first-order valence-electron chi connectivity index (χ1n) is 2.82. The Morgan fingerprint density at radius 1 is 1.30 bits per heavy atom. The van der Waals surface area contributed by atoms with E-state index in [0.717, 1.165) is 20.2 Å². The molecule has 1 nitrogen and oxygen atoms in total. The summed E-state index contributed by atoms with van der Waals surface area (Å²) in [6.07, 6.45) is 0. The molecule has 0 fully saturated rings. The summed E-state index contributed by atoms with van der Waals surface area (Å²) in [4.78, 5) is 0. The highest BCUT2D eigenvalue weighted by Gasteiger charge is 1.99. The number of benzene rings is 1. The van der Waals surface area contributed by atoms with Gasteiger partial charge in [-0.2, -0.15) is 0 Å². The second-order valence-corrected chi connectivity index (χ2v) is 3.78. The van der Waals surface area contributed by atoms with Gasteiger partial charge >= 0.3 is 0 Å². The fourth-order valence-electron chi connectivity index (χ4n) is 0.753. The minimum atomic E-state index is 0.785. The number of anilines is 1. The number of halogens is 2. The van der Waals surface area contributed by atoms with Crippen LogP contribution in [0.15, 0.2) is 21.1 Å². The summed E-state index contributed by atoms with van der Waals surface area (Å²) in [7, 11) is 0. The van der Waals surface area contributed by atoms with Gasteiger partial charge in [0, 0.05) is 14.6 Å². The summed E-state index contributed by atoms with van der Waals surface area (Å²) in [5, 5.41) is 0. The van der Waals surface area contributed by atoms with Crippen LogP contribution in [0.1, 0.15) is 5.56 Å². The van der Waals surface area contributed by atoms with Crippen molar-refractivity contribution in [2.75, 3.05) is 5.73 Å². The van der Waals surface area contributed by atoms with Crippen molar-refractivity contribution in [2.45, 2.75) is 6.92 Å². The lowest BCUT2D eigenvalue weighted by Gasteiger charge is -2.01. The van der Waals surface area contributed by atoms with Crippen molar-refractivity contribution in [1.82, 2.24) is 0 Å². The lowest BCUT2D eigenvalue weighted by Crippen LogP contribution is -1.86. The van der Waals surface area contributed by atoms with Gasteiger partial charge < -0.3 is 5.73 Å².